The second kappa shape index (κ2) is 5.57. The summed E-state index contributed by atoms with van der Waals surface area (Å²) >= 11 is 1.50. The number of hydrogen-bond acceptors (Lipinski definition) is 5. The Labute approximate surface area is 105 Å². The maximum Gasteiger partial charge on any atom is 0.273 e. The highest BCUT2D eigenvalue weighted by Gasteiger charge is 2.26. The number of ether oxygens (including phenoxy) is 1. The van der Waals surface area contributed by atoms with Crippen LogP contribution >= 0.6 is 11.3 Å². The average molecular weight is 255 g/mol. The zero-order chi connectivity index (χ0) is 12.3. The smallest absolute Gasteiger partial charge is 0.273 e. The Morgan fingerprint density at radius 3 is 3.29 bits per heavy atom. The number of nitrogens with zero attached hydrogens (tertiary/aromatic N) is 2. The van der Waals surface area contributed by atoms with E-state index in [1.54, 1.807) is 0 Å². The van der Waals surface area contributed by atoms with E-state index in [9.17, 15) is 4.79 Å². The van der Waals surface area contributed by atoms with Gasteiger partial charge in [0, 0.05) is 18.3 Å². The molecule has 2 rings (SSSR count). The fourth-order valence-electron chi connectivity index (χ4n) is 1.82. The largest absolute Gasteiger partial charge is 0.377 e. The molecule has 2 heterocycles. The van der Waals surface area contributed by atoms with Gasteiger partial charge in [0.2, 0.25) is 0 Å². The van der Waals surface area contributed by atoms with Gasteiger partial charge in [-0.3, -0.25) is 4.79 Å². The minimum Gasteiger partial charge on any atom is -0.377 e. The van der Waals surface area contributed by atoms with E-state index >= 15 is 0 Å². The fourth-order valence-corrected chi connectivity index (χ4v) is 2.61. The van der Waals surface area contributed by atoms with Crippen molar-refractivity contribution in [2.24, 2.45) is 5.73 Å². The van der Waals surface area contributed by atoms with Crippen molar-refractivity contribution in [2.75, 3.05) is 26.3 Å². The van der Waals surface area contributed by atoms with E-state index in [1.165, 1.54) is 11.3 Å². The van der Waals surface area contributed by atoms with Crippen molar-refractivity contribution in [1.29, 1.82) is 0 Å². The lowest BCUT2D eigenvalue weighted by molar-refractivity contribution is 0.00330. The Morgan fingerprint density at radius 2 is 2.59 bits per heavy atom. The topological polar surface area (TPSA) is 68.5 Å². The lowest BCUT2D eigenvalue weighted by Gasteiger charge is -2.32. The molecular formula is C11H17N3O2S. The SMILES string of the molecule is C[C@@H]1COCCN1C(=O)c1csc(CCN)n1. The summed E-state index contributed by atoms with van der Waals surface area (Å²) in [5.41, 5.74) is 6.00. The van der Waals surface area contributed by atoms with Crippen molar-refractivity contribution in [2.45, 2.75) is 19.4 Å². The van der Waals surface area contributed by atoms with Gasteiger partial charge in [-0.05, 0) is 13.5 Å². The van der Waals surface area contributed by atoms with E-state index in [1.807, 2.05) is 17.2 Å². The first-order chi connectivity index (χ1) is 8.22. The zero-order valence-electron chi connectivity index (χ0n) is 9.89. The van der Waals surface area contributed by atoms with E-state index in [0.29, 0.717) is 32.0 Å². The van der Waals surface area contributed by atoms with Crippen molar-refractivity contribution >= 4 is 17.2 Å². The Hall–Kier alpha value is -0.980. The Bertz CT molecular complexity index is 394. The standard InChI is InChI=1S/C11H17N3O2S/c1-8-6-16-5-4-14(8)11(15)9-7-17-10(13-9)2-3-12/h7-8H,2-6,12H2,1H3/t8-/m1/s1. The number of aromatic nitrogens is 1. The summed E-state index contributed by atoms with van der Waals surface area (Å²) in [6, 6.07) is 0.121. The summed E-state index contributed by atoms with van der Waals surface area (Å²) in [5, 5.41) is 2.74. The summed E-state index contributed by atoms with van der Waals surface area (Å²) in [7, 11) is 0. The van der Waals surface area contributed by atoms with Crippen LogP contribution in [-0.2, 0) is 11.2 Å². The zero-order valence-corrected chi connectivity index (χ0v) is 10.7. The molecule has 1 amide bonds. The number of amides is 1. The molecule has 94 valence electrons. The molecule has 1 aliphatic heterocycles. The summed E-state index contributed by atoms with van der Waals surface area (Å²) in [6.45, 7) is 4.41. The molecule has 17 heavy (non-hydrogen) atoms. The Morgan fingerprint density at radius 1 is 1.76 bits per heavy atom. The fraction of sp³-hybridized carbons (Fsp3) is 0.636. The Kier molecular flexibility index (Phi) is 4.09. The number of carbonyl (C=O) groups excluding carboxylic acids is 1. The first kappa shape index (κ1) is 12.5. The van der Waals surface area contributed by atoms with Crippen LogP contribution in [0.3, 0.4) is 0 Å². The molecule has 1 fully saturated rings. The molecule has 0 saturated carbocycles. The van der Waals surface area contributed by atoms with Crippen LogP contribution in [0.1, 0.15) is 22.4 Å². The lowest BCUT2D eigenvalue weighted by Crippen LogP contribution is -2.47. The second-order valence-electron chi connectivity index (χ2n) is 4.09. The molecule has 1 aromatic heterocycles. The van der Waals surface area contributed by atoms with Crippen molar-refractivity contribution in [3.8, 4) is 0 Å². The number of carbonyl (C=O) groups is 1. The average Bonchev–Trinajstić information content (AvgIpc) is 2.78. The number of nitrogens with two attached hydrogens (primary N) is 1. The molecule has 1 aromatic rings. The maximum absolute atomic E-state index is 12.2. The van der Waals surface area contributed by atoms with Crippen molar-refractivity contribution in [3.63, 3.8) is 0 Å². The third-order valence-corrected chi connectivity index (χ3v) is 3.67. The molecule has 5 nitrogen and oxygen atoms in total. The third-order valence-electron chi connectivity index (χ3n) is 2.76. The quantitative estimate of drug-likeness (QED) is 0.854. The molecule has 0 aromatic carbocycles. The summed E-state index contributed by atoms with van der Waals surface area (Å²) in [5.74, 6) is 0.000298. The van der Waals surface area contributed by atoms with Gasteiger partial charge in [0.05, 0.1) is 24.3 Å². The highest BCUT2D eigenvalue weighted by Crippen LogP contribution is 2.15. The van der Waals surface area contributed by atoms with Crippen molar-refractivity contribution in [3.05, 3.63) is 16.1 Å². The van der Waals surface area contributed by atoms with E-state index in [4.69, 9.17) is 10.5 Å². The molecular weight excluding hydrogens is 238 g/mol. The molecule has 0 bridgehead atoms. The van der Waals surface area contributed by atoms with Crippen LogP contribution in [0.15, 0.2) is 5.38 Å². The van der Waals surface area contributed by atoms with Gasteiger partial charge in [-0.2, -0.15) is 0 Å². The number of morpholine rings is 1. The van der Waals surface area contributed by atoms with Crippen LogP contribution < -0.4 is 5.73 Å². The van der Waals surface area contributed by atoms with Crippen LogP contribution in [0.5, 0.6) is 0 Å². The predicted octanol–water partition coefficient (Wildman–Crippen LogP) is 0.505. The molecule has 0 radical (unpaired) electrons. The molecule has 1 saturated heterocycles. The molecule has 1 aliphatic rings. The molecule has 0 unspecified atom stereocenters. The van der Waals surface area contributed by atoms with E-state index in [2.05, 4.69) is 4.98 Å². The van der Waals surface area contributed by atoms with Gasteiger partial charge in [0.25, 0.3) is 5.91 Å². The monoisotopic (exact) mass is 255 g/mol. The van der Waals surface area contributed by atoms with Crippen molar-refractivity contribution < 1.29 is 9.53 Å². The summed E-state index contributed by atoms with van der Waals surface area (Å²) in [6.07, 6.45) is 0.733. The normalized spacial score (nSPS) is 20.6. The summed E-state index contributed by atoms with van der Waals surface area (Å²) in [4.78, 5) is 18.4. The third kappa shape index (κ3) is 2.83. The van der Waals surface area contributed by atoms with Gasteiger partial charge in [0.15, 0.2) is 0 Å². The molecule has 0 aliphatic carbocycles. The minimum atomic E-state index is 0.000298. The first-order valence-electron chi connectivity index (χ1n) is 5.75. The van der Waals surface area contributed by atoms with Gasteiger partial charge in [-0.15, -0.1) is 11.3 Å². The number of hydrogen-bond donors (Lipinski definition) is 1. The van der Waals surface area contributed by atoms with Crippen LogP contribution in [0.4, 0.5) is 0 Å². The van der Waals surface area contributed by atoms with Gasteiger partial charge >= 0.3 is 0 Å². The van der Waals surface area contributed by atoms with Crippen LogP contribution in [-0.4, -0.2) is 48.1 Å². The van der Waals surface area contributed by atoms with Gasteiger partial charge in [-0.25, -0.2) is 4.98 Å². The van der Waals surface area contributed by atoms with E-state index in [0.717, 1.165) is 11.4 Å². The minimum absolute atomic E-state index is 0.000298. The van der Waals surface area contributed by atoms with Gasteiger partial charge in [-0.1, -0.05) is 0 Å². The van der Waals surface area contributed by atoms with Gasteiger partial charge in [0.1, 0.15) is 5.69 Å². The second-order valence-corrected chi connectivity index (χ2v) is 5.03. The lowest BCUT2D eigenvalue weighted by atomic mass is 10.2. The highest BCUT2D eigenvalue weighted by molar-refractivity contribution is 7.09. The van der Waals surface area contributed by atoms with Crippen LogP contribution in [0.25, 0.3) is 0 Å². The van der Waals surface area contributed by atoms with E-state index in [-0.39, 0.29) is 11.9 Å². The predicted molar refractivity (Wildman–Crippen MR) is 66.2 cm³/mol. The molecule has 1 atom stereocenters. The maximum atomic E-state index is 12.2. The number of rotatable bonds is 3. The Balaban J connectivity index is 2.07. The van der Waals surface area contributed by atoms with Gasteiger partial charge < -0.3 is 15.4 Å². The van der Waals surface area contributed by atoms with Crippen molar-refractivity contribution in [1.82, 2.24) is 9.88 Å². The van der Waals surface area contributed by atoms with Crippen LogP contribution in [0, 0.1) is 0 Å². The highest BCUT2D eigenvalue weighted by atomic mass is 32.1. The number of thiazole rings is 1. The molecule has 6 heteroatoms. The molecule has 0 spiro atoms. The molecule has 2 N–H and O–H groups in total. The van der Waals surface area contributed by atoms with E-state index < -0.39 is 0 Å². The summed E-state index contributed by atoms with van der Waals surface area (Å²) < 4.78 is 5.31. The van der Waals surface area contributed by atoms with Crippen LogP contribution in [0.2, 0.25) is 0 Å². The first-order valence-corrected chi connectivity index (χ1v) is 6.63.